The van der Waals surface area contributed by atoms with Crippen LogP contribution < -0.4 is 10.6 Å². The number of amides is 1. The van der Waals surface area contributed by atoms with Crippen molar-refractivity contribution in [2.75, 3.05) is 17.7 Å². The molecule has 1 amide bonds. The molecule has 28 heavy (non-hydrogen) atoms. The van der Waals surface area contributed by atoms with Crippen LogP contribution in [0.2, 0.25) is 5.02 Å². The van der Waals surface area contributed by atoms with Crippen molar-refractivity contribution >= 4 is 34.8 Å². The number of benzene rings is 2. The molecule has 8 heteroatoms. The van der Waals surface area contributed by atoms with Gasteiger partial charge in [-0.2, -0.15) is 0 Å². The van der Waals surface area contributed by atoms with E-state index < -0.39 is 6.09 Å². The van der Waals surface area contributed by atoms with Crippen molar-refractivity contribution < 1.29 is 9.90 Å². The monoisotopic (exact) mass is 393 g/mol. The van der Waals surface area contributed by atoms with Crippen molar-refractivity contribution in [2.24, 2.45) is 0 Å². The number of nitrogen functional groups attached to an aromatic ring is 1. The normalized spacial score (nSPS) is 10.9. The number of carboxylic acid groups (broad SMARTS) is 1. The molecule has 0 spiro atoms. The van der Waals surface area contributed by atoms with Gasteiger partial charge in [-0.15, -0.1) is 0 Å². The number of carbonyl (C=O) groups is 1. The average Bonchev–Trinajstić information content (AvgIpc) is 3.12. The Balaban J connectivity index is 1.70. The minimum Gasteiger partial charge on any atom is -0.465 e. The van der Waals surface area contributed by atoms with Crippen LogP contribution in [-0.4, -0.2) is 32.6 Å². The first-order valence-corrected chi connectivity index (χ1v) is 8.77. The molecule has 0 aliphatic carbocycles. The van der Waals surface area contributed by atoms with Gasteiger partial charge in [-0.3, -0.25) is 9.30 Å². The summed E-state index contributed by atoms with van der Waals surface area (Å²) >= 11 is 6.28. The Labute approximate surface area is 165 Å². The van der Waals surface area contributed by atoms with E-state index in [4.69, 9.17) is 22.4 Å². The van der Waals surface area contributed by atoms with E-state index in [0.717, 1.165) is 21.6 Å². The van der Waals surface area contributed by atoms with Crippen LogP contribution in [0.4, 0.5) is 16.2 Å². The van der Waals surface area contributed by atoms with Crippen LogP contribution in [0.15, 0.2) is 61.1 Å². The minimum atomic E-state index is -1.01. The molecule has 0 aliphatic heterocycles. The first kappa shape index (κ1) is 17.8. The average molecular weight is 394 g/mol. The smallest absolute Gasteiger partial charge is 0.411 e. The van der Waals surface area contributed by atoms with Crippen molar-refractivity contribution in [3.63, 3.8) is 0 Å². The largest absolute Gasteiger partial charge is 0.465 e. The molecule has 0 atom stereocenters. The Morgan fingerprint density at radius 2 is 1.89 bits per heavy atom. The third-order valence-electron chi connectivity index (χ3n) is 4.45. The van der Waals surface area contributed by atoms with Gasteiger partial charge in [0.2, 0.25) is 5.78 Å². The zero-order valence-electron chi connectivity index (χ0n) is 14.9. The van der Waals surface area contributed by atoms with Gasteiger partial charge in [0.15, 0.2) is 0 Å². The van der Waals surface area contributed by atoms with Crippen LogP contribution in [0.3, 0.4) is 0 Å². The first-order valence-electron chi connectivity index (χ1n) is 8.39. The van der Waals surface area contributed by atoms with Crippen molar-refractivity contribution in [3.05, 3.63) is 66.1 Å². The highest BCUT2D eigenvalue weighted by molar-refractivity contribution is 6.33. The number of nitrogens with two attached hydrogens (primary N) is 1. The number of rotatable bonds is 3. The number of imidazole rings is 1. The van der Waals surface area contributed by atoms with Gasteiger partial charge in [0.05, 0.1) is 10.7 Å². The Bertz CT molecular complexity index is 1190. The van der Waals surface area contributed by atoms with Gasteiger partial charge in [-0.25, -0.2) is 14.8 Å². The summed E-state index contributed by atoms with van der Waals surface area (Å²) in [5.74, 6) is 0.541. The Kier molecular flexibility index (Phi) is 4.37. The van der Waals surface area contributed by atoms with Crippen LogP contribution in [0.5, 0.6) is 0 Å². The van der Waals surface area contributed by atoms with Gasteiger partial charge in [0, 0.05) is 48.1 Å². The van der Waals surface area contributed by atoms with Crippen LogP contribution in [0.1, 0.15) is 0 Å². The zero-order valence-corrected chi connectivity index (χ0v) is 15.6. The molecule has 0 saturated heterocycles. The van der Waals surface area contributed by atoms with E-state index in [0.29, 0.717) is 27.9 Å². The molecule has 0 fully saturated rings. The van der Waals surface area contributed by atoms with E-state index in [-0.39, 0.29) is 0 Å². The summed E-state index contributed by atoms with van der Waals surface area (Å²) in [6, 6.07) is 12.5. The number of nitrogens with zero attached hydrogens (tertiary/aromatic N) is 4. The van der Waals surface area contributed by atoms with Crippen LogP contribution in [0, 0.1) is 0 Å². The third-order valence-corrected chi connectivity index (χ3v) is 4.78. The van der Waals surface area contributed by atoms with Gasteiger partial charge >= 0.3 is 6.09 Å². The molecular weight excluding hydrogens is 378 g/mol. The molecule has 140 valence electrons. The topological polar surface area (TPSA) is 96.8 Å². The molecule has 2 aromatic heterocycles. The van der Waals surface area contributed by atoms with Crippen molar-refractivity contribution in [1.82, 2.24) is 14.4 Å². The molecule has 3 N–H and O–H groups in total. The number of aromatic nitrogens is 3. The fraction of sp³-hybridized carbons (Fsp3) is 0.0500. The van der Waals surface area contributed by atoms with E-state index in [2.05, 4.69) is 9.97 Å². The second-order valence-corrected chi connectivity index (χ2v) is 6.71. The maximum absolute atomic E-state index is 11.1. The highest BCUT2D eigenvalue weighted by Gasteiger charge is 2.11. The molecular formula is C20H16ClN5O2. The van der Waals surface area contributed by atoms with Gasteiger partial charge in [-0.1, -0.05) is 23.7 Å². The minimum absolute atomic E-state index is 0.541. The quantitative estimate of drug-likeness (QED) is 0.502. The lowest BCUT2D eigenvalue weighted by molar-refractivity contribution is 0.203. The van der Waals surface area contributed by atoms with Crippen molar-refractivity contribution in [2.45, 2.75) is 0 Å². The van der Waals surface area contributed by atoms with Gasteiger partial charge in [0.1, 0.15) is 0 Å². The molecule has 0 saturated carbocycles. The molecule has 4 rings (SSSR count). The molecule has 0 unspecified atom stereocenters. The fourth-order valence-corrected chi connectivity index (χ4v) is 3.11. The predicted molar refractivity (Wildman–Crippen MR) is 110 cm³/mol. The highest BCUT2D eigenvalue weighted by atomic mass is 35.5. The molecule has 0 bridgehead atoms. The van der Waals surface area contributed by atoms with Crippen molar-refractivity contribution in [3.8, 4) is 22.4 Å². The van der Waals surface area contributed by atoms with Gasteiger partial charge < -0.3 is 10.8 Å². The standard InChI is InChI=1S/C20H16ClN5O2/c1-25(20(27)28)15-5-2-12(3-6-15)13-9-23-19-24-18(11-26(19)10-13)16-8-14(22)4-7-17(16)21/h2-11H,22H2,1H3,(H,27,28). The molecule has 0 aliphatic rings. The lowest BCUT2D eigenvalue weighted by atomic mass is 10.1. The van der Waals surface area contributed by atoms with E-state index in [1.54, 1.807) is 36.5 Å². The van der Waals surface area contributed by atoms with Crippen molar-refractivity contribution in [1.29, 1.82) is 0 Å². The predicted octanol–water partition coefficient (Wildman–Crippen LogP) is 4.41. The molecule has 4 aromatic rings. The summed E-state index contributed by atoms with van der Waals surface area (Å²) in [6.45, 7) is 0. The van der Waals surface area contributed by atoms with Gasteiger partial charge in [-0.05, 0) is 35.9 Å². The Hall–Kier alpha value is -3.58. The van der Waals surface area contributed by atoms with Gasteiger partial charge in [0.25, 0.3) is 0 Å². The molecule has 7 nitrogen and oxygen atoms in total. The number of fused-ring (bicyclic) bond motifs is 1. The number of hydrogen-bond acceptors (Lipinski definition) is 4. The lowest BCUT2D eigenvalue weighted by Crippen LogP contribution is -2.23. The van der Waals surface area contributed by atoms with E-state index in [1.807, 2.05) is 28.9 Å². The maximum Gasteiger partial charge on any atom is 0.411 e. The van der Waals surface area contributed by atoms with Crippen LogP contribution in [-0.2, 0) is 0 Å². The zero-order chi connectivity index (χ0) is 19.8. The number of halogens is 1. The molecule has 2 aromatic carbocycles. The first-order chi connectivity index (χ1) is 13.4. The summed E-state index contributed by atoms with van der Waals surface area (Å²) in [5.41, 5.74) is 10.3. The van der Waals surface area contributed by atoms with E-state index in [1.165, 1.54) is 7.05 Å². The van der Waals surface area contributed by atoms with E-state index >= 15 is 0 Å². The summed E-state index contributed by atoms with van der Waals surface area (Å²) in [6.07, 6.45) is 4.47. The second kappa shape index (κ2) is 6.86. The third kappa shape index (κ3) is 3.23. The van der Waals surface area contributed by atoms with E-state index in [9.17, 15) is 4.79 Å². The summed E-state index contributed by atoms with van der Waals surface area (Å²) in [5, 5.41) is 9.63. The Morgan fingerprint density at radius 3 is 2.61 bits per heavy atom. The summed E-state index contributed by atoms with van der Waals surface area (Å²) in [7, 11) is 1.50. The fourth-order valence-electron chi connectivity index (χ4n) is 2.89. The second-order valence-electron chi connectivity index (χ2n) is 6.30. The Morgan fingerprint density at radius 1 is 1.14 bits per heavy atom. The van der Waals surface area contributed by atoms with Crippen LogP contribution in [0.25, 0.3) is 28.2 Å². The SMILES string of the molecule is CN(C(=O)O)c1ccc(-c2cnc3nc(-c4cc(N)ccc4Cl)cn3c2)cc1. The number of hydrogen-bond donors (Lipinski definition) is 2. The van der Waals surface area contributed by atoms with Crippen LogP contribution >= 0.6 is 11.6 Å². The maximum atomic E-state index is 11.1. The molecule has 0 radical (unpaired) electrons. The number of anilines is 2. The summed E-state index contributed by atoms with van der Waals surface area (Å²) < 4.78 is 1.82. The molecule has 2 heterocycles. The highest BCUT2D eigenvalue weighted by Crippen LogP contribution is 2.30. The summed E-state index contributed by atoms with van der Waals surface area (Å²) in [4.78, 5) is 21.1. The lowest BCUT2D eigenvalue weighted by Gasteiger charge is -2.13.